The van der Waals surface area contributed by atoms with Crippen molar-refractivity contribution in [3.63, 3.8) is 0 Å². The summed E-state index contributed by atoms with van der Waals surface area (Å²) in [7, 11) is -15.8. The van der Waals surface area contributed by atoms with Crippen LogP contribution in [-0.4, -0.2) is 37.3 Å². The fourth-order valence-electron chi connectivity index (χ4n) is 2.42. The van der Waals surface area contributed by atoms with Gasteiger partial charge in [0.05, 0.1) is 35.5 Å². The minimum Gasteiger partial charge on any atom is -0.790 e. The summed E-state index contributed by atoms with van der Waals surface area (Å²) in [5.74, 6) is -0.605. The summed E-state index contributed by atoms with van der Waals surface area (Å²) in [6, 6.07) is 2.60. The number of phenols is 1. The number of azo groups is 1. The zero-order valence-electron chi connectivity index (χ0n) is 19.7. The van der Waals surface area contributed by atoms with E-state index in [-0.39, 0.29) is 130 Å². The molecule has 0 saturated carbocycles. The molecule has 0 aliphatic rings. The van der Waals surface area contributed by atoms with E-state index in [0.717, 1.165) is 6.07 Å². The van der Waals surface area contributed by atoms with Gasteiger partial charge >= 0.3 is 118 Å². The Balaban J connectivity index is -0.00000272. The van der Waals surface area contributed by atoms with Gasteiger partial charge in [-0.1, -0.05) is 0 Å². The molecule has 0 radical (unpaired) electrons. The van der Waals surface area contributed by atoms with Crippen molar-refractivity contribution in [2.45, 2.75) is 23.3 Å². The van der Waals surface area contributed by atoms with Crippen molar-refractivity contribution in [2.75, 3.05) is 0 Å². The number of hydrogen-bond acceptors (Lipinski definition) is 14. The van der Waals surface area contributed by atoms with Crippen molar-refractivity contribution < 1.29 is 173 Å². The SMILES string of the molecule is Cc1cc(N=Nc2cc(S(=O)(=O)[O-])ccc2S(=O)(=O)[O-])c(COP(=O)([O-])[O-])c(C=O)c1O.[Na+].[Na+].[Na+].[Na+]. The van der Waals surface area contributed by atoms with Crippen LogP contribution in [0.15, 0.2) is 44.3 Å². The summed E-state index contributed by atoms with van der Waals surface area (Å²) in [5.41, 5.74) is -2.22. The monoisotopic (exact) mass is 598 g/mol. The maximum absolute atomic E-state index is 11.4. The van der Waals surface area contributed by atoms with Crippen LogP contribution in [0.3, 0.4) is 0 Å². The molecule has 0 aliphatic carbocycles. The molecule has 0 fully saturated rings. The summed E-state index contributed by atoms with van der Waals surface area (Å²) < 4.78 is 82.7. The van der Waals surface area contributed by atoms with Crippen LogP contribution in [0, 0.1) is 6.92 Å². The molecule has 21 heteroatoms. The summed E-state index contributed by atoms with van der Waals surface area (Å²) in [6.45, 7) is 0.235. The van der Waals surface area contributed by atoms with E-state index in [1.165, 1.54) is 6.92 Å². The Hall–Kier alpha value is 1.44. The second-order valence-electron chi connectivity index (χ2n) is 6.03. The number of hydrogen-bond donors (Lipinski definition) is 1. The summed E-state index contributed by atoms with van der Waals surface area (Å²) >= 11 is 0. The molecule has 1 N–H and O–H groups in total. The van der Waals surface area contributed by atoms with E-state index in [1.54, 1.807) is 0 Å². The van der Waals surface area contributed by atoms with E-state index in [2.05, 4.69) is 14.8 Å². The normalized spacial score (nSPS) is 11.5. The van der Waals surface area contributed by atoms with Gasteiger partial charge in [-0.05, 0) is 36.8 Å². The molecule has 0 unspecified atom stereocenters. The average Bonchev–Trinajstić information content (AvgIpc) is 2.64. The predicted molar refractivity (Wildman–Crippen MR) is 97.2 cm³/mol. The number of phenolic OH excluding ortho intramolecular Hbond substituents is 1. The van der Waals surface area contributed by atoms with Gasteiger partial charge in [-0.25, -0.2) is 16.8 Å². The van der Waals surface area contributed by atoms with Gasteiger partial charge in [0.25, 0.3) is 0 Å². The Kier molecular flexibility index (Phi) is 19.4. The number of benzene rings is 2. The van der Waals surface area contributed by atoms with Crippen LogP contribution >= 0.6 is 7.82 Å². The van der Waals surface area contributed by atoms with Crippen LogP contribution in [-0.2, 0) is 35.9 Å². The third-order valence-electron chi connectivity index (χ3n) is 3.85. The summed E-state index contributed by atoms with van der Waals surface area (Å²) in [5, 5.41) is 17.0. The number of phosphoric ester groups is 1. The van der Waals surface area contributed by atoms with Gasteiger partial charge in [0.1, 0.15) is 31.7 Å². The molecule has 0 spiro atoms. The minimum atomic E-state index is -5.53. The smallest absolute Gasteiger partial charge is 0.790 e. The molecule has 0 heterocycles. The molecular weight excluding hydrogens is 587 g/mol. The van der Waals surface area contributed by atoms with Gasteiger partial charge in [-0.2, -0.15) is 5.11 Å². The van der Waals surface area contributed by atoms with Gasteiger partial charge in [0.2, 0.25) is 0 Å². The van der Waals surface area contributed by atoms with E-state index in [0.29, 0.717) is 18.2 Å². The summed E-state index contributed by atoms with van der Waals surface area (Å²) in [4.78, 5) is 31.0. The first-order valence-electron chi connectivity index (χ1n) is 7.99. The Bertz CT molecular complexity index is 1380. The second kappa shape index (κ2) is 16.6. The Labute approximate surface area is 294 Å². The standard InChI is InChI=1S/C15H15N2O12PS2.4Na/c1-8-4-12(11(7-29-30(20,21)22)10(6-18)15(8)19)16-17-13-5-9(31(23,24)25)2-3-14(13)32(26,27)28;;;;/h2-6,19H,7H2,1H3,(H2,20,21,22)(H,23,24,25)(H,26,27,28);;;;/q;4*+1/p-4. The van der Waals surface area contributed by atoms with Crippen LogP contribution in [0.5, 0.6) is 5.75 Å². The zero-order chi connectivity index (χ0) is 24.5. The van der Waals surface area contributed by atoms with E-state index in [1.807, 2.05) is 0 Å². The topological polar surface area (TPSA) is 249 Å². The molecule has 2 aromatic rings. The van der Waals surface area contributed by atoms with Gasteiger partial charge in [0.15, 0.2) is 6.29 Å². The van der Waals surface area contributed by atoms with Crippen molar-refractivity contribution in [1.29, 1.82) is 0 Å². The van der Waals surface area contributed by atoms with Crippen LogP contribution in [0.1, 0.15) is 21.5 Å². The van der Waals surface area contributed by atoms with Gasteiger partial charge in [-0.15, -0.1) is 5.11 Å². The predicted octanol–water partition coefficient (Wildman–Crippen LogP) is -11.9. The number of aryl methyl sites for hydroxylation is 1. The average molecular weight is 598 g/mol. The first-order chi connectivity index (χ1) is 14.5. The molecule has 0 aromatic heterocycles. The molecule has 36 heavy (non-hydrogen) atoms. The number of aldehydes is 1. The third kappa shape index (κ3) is 11.9. The molecular formula is C15H11N2Na4O12PS2. The van der Waals surface area contributed by atoms with E-state index in [9.17, 15) is 50.2 Å². The van der Waals surface area contributed by atoms with E-state index < -0.39 is 72.7 Å². The molecule has 0 amide bonds. The Morgan fingerprint density at radius 1 is 0.972 bits per heavy atom. The molecule has 2 aromatic carbocycles. The molecule has 0 saturated heterocycles. The maximum Gasteiger partial charge on any atom is 1.00 e. The van der Waals surface area contributed by atoms with Gasteiger partial charge in [0, 0.05) is 5.56 Å². The molecule has 2 rings (SSSR count). The van der Waals surface area contributed by atoms with Crippen molar-refractivity contribution in [2.24, 2.45) is 10.2 Å². The van der Waals surface area contributed by atoms with Crippen molar-refractivity contribution in [1.82, 2.24) is 0 Å². The van der Waals surface area contributed by atoms with Gasteiger partial charge < -0.3 is 33.1 Å². The van der Waals surface area contributed by atoms with Crippen molar-refractivity contribution in [3.8, 4) is 5.75 Å². The zero-order valence-corrected chi connectivity index (χ0v) is 30.2. The Morgan fingerprint density at radius 3 is 1.94 bits per heavy atom. The second-order valence-corrected chi connectivity index (χ2v) is 9.91. The van der Waals surface area contributed by atoms with Crippen LogP contribution in [0.25, 0.3) is 0 Å². The van der Waals surface area contributed by atoms with Crippen LogP contribution < -0.4 is 128 Å². The molecule has 14 nitrogen and oxygen atoms in total. The largest absolute Gasteiger partial charge is 1.00 e. The quantitative estimate of drug-likeness (QED) is 0.0978. The fourth-order valence-corrected chi connectivity index (χ4v) is 3.78. The third-order valence-corrected chi connectivity index (χ3v) is 6.02. The van der Waals surface area contributed by atoms with Crippen LogP contribution in [0.4, 0.5) is 11.4 Å². The maximum atomic E-state index is 11.4. The number of carbonyl (C=O) groups excluding carboxylic acids is 1. The van der Waals surface area contributed by atoms with E-state index in [4.69, 9.17) is 0 Å². The van der Waals surface area contributed by atoms with Crippen LogP contribution in [0.2, 0.25) is 0 Å². The van der Waals surface area contributed by atoms with Crippen molar-refractivity contribution >= 4 is 45.7 Å². The fraction of sp³-hybridized carbons (Fsp3) is 0.133. The van der Waals surface area contributed by atoms with Gasteiger partial charge in [-0.3, -0.25) is 4.79 Å². The first kappa shape index (κ1) is 41.9. The molecule has 0 atom stereocenters. The minimum absolute atomic E-state index is 0. The number of aromatic hydroxyl groups is 1. The summed E-state index contributed by atoms with van der Waals surface area (Å²) in [6.07, 6.45) is 0.0960. The number of nitrogens with zero attached hydrogens (tertiary/aromatic N) is 2. The number of carbonyl (C=O) groups is 1. The number of phosphoric acid groups is 1. The molecule has 174 valence electrons. The van der Waals surface area contributed by atoms with E-state index >= 15 is 0 Å². The van der Waals surface area contributed by atoms with Crippen molar-refractivity contribution in [3.05, 3.63) is 41.0 Å². The Morgan fingerprint density at radius 2 is 1.50 bits per heavy atom. The number of rotatable bonds is 8. The molecule has 0 aliphatic heterocycles. The molecule has 0 bridgehead atoms. The first-order valence-corrected chi connectivity index (χ1v) is 12.3.